The first-order valence-corrected chi connectivity index (χ1v) is 9.72. The van der Waals surface area contributed by atoms with E-state index >= 15 is 0 Å². The minimum absolute atomic E-state index is 0.0126. The molecule has 1 saturated carbocycles. The molecule has 4 heterocycles. The number of carbonyl (C=O) groups excluding carboxylic acids is 2. The van der Waals surface area contributed by atoms with E-state index in [1.54, 1.807) is 24.1 Å². The van der Waals surface area contributed by atoms with Gasteiger partial charge in [0, 0.05) is 50.8 Å². The normalized spacial score (nSPS) is 27.5. The summed E-state index contributed by atoms with van der Waals surface area (Å²) in [7, 11) is 1.77. The van der Waals surface area contributed by atoms with Gasteiger partial charge in [-0.2, -0.15) is 5.10 Å². The predicted molar refractivity (Wildman–Crippen MR) is 96.3 cm³/mol. The number of hydrogen-bond acceptors (Lipinski definition) is 7. The van der Waals surface area contributed by atoms with Crippen LogP contribution in [0.4, 0.5) is 0 Å². The fourth-order valence-electron chi connectivity index (χ4n) is 4.12. The fourth-order valence-corrected chi connectivity index (χ4v) is 4.12. The number of rotatable bonds is 5. The van der Waals surface area contributed by atoms with Crippen LogP contribution in [-0.4, -0.2) is 67.9 Å². The lowest BCUT2D eigenvalue weighted by atomic mass is 10.1. The van der Waals surface area contributed by atoms with Gasteiger partial charge in [-0.3, -0.25) is 19.2 Å². The molecule has 2 saturated heterocycles. The standard InChI is InChI=1S/C18H23N7O3/c1-24-8-11(6-20-24)16(26)21-12-4-14-17(27)19-7-13(25(14)9-12)5-15-22-23-18(28-15)10-2-3-10/h6,8,10,12-14H,2-5,7,9H2,1H3,(H,19,27)(H,21,26)/t12-,13+,14-/m0/s1. The summed E-state index contributed by atoms with van der Waals surface area (Å²) in [4.78, 5) is 26.9. The SMILES string of the molecule is Cn1cc(C(=O)N[C@H]2C[C@H]3C(=O)NC[C@@H](Cc4nnc(C5CC5)o4)N3C2)cn1. The van der Waals surface area contributed by atoms with E-state index in [-0.39, 0.29) is 29.9 Å². The summed E-state index contributed by atoms with van der Waals surface area (Å²) >= 11 is 0. The number of fused-ring (bicyclic) bond motifs is 1. The Balaban J connectivity index is 1.25. The van der Waals surface area contributed by atoms with Crippen LogP contribution in [0.3, 0.4) is 0 Å². The number of aryl methyl sites for hydroxylation is 1. The maximum atomic E-state index is 12.4. The second-order valence-electron chi connectivity index (χ2n) is 7.93. The Labute approximate surface area is 161 Å². The van der Waals surface area contributed by atoms with Crippen LogP contribution in [0, 0.1) is 0 Å². The fraction of sp³-hybridized carbons (Fsp3) is 0.611. The number of nitrogens with one attached hydrogen (secondary N) is 2. The lowest BCUT2D eigenvalue weighted by molar-refractivity contribution is -0.129. The minimum Gasteiger partial charge on any atom is -0.425 e. The zero-order valence-corrected chi connectivity index (χ0v) is 15.7. The van der Waals surface area contributed by atoms with Crippen molar-refractivity contribution in [2.45, 2.75) is 49.7 Å². The van der Waals surface area contributed by atoms with Gasteiger partial charge in [0.2, 0.25) is 17.7 Å². The van der Waals surface area contributed by atoms with Crippen LogP contribution < -0.4 is 10.6 Å². The molecule has 0 aromatic carbocycles. The molecular weight excluding hydrogens is 362 g/mol. The summed E-state index contributed by atoms with van der Waals surface area (Å²) in [5.74, 6) is 1.62. The Kier molecular flexibility index (Phi) is 4.15. The van der Waals surface area contributed by atoms with E-state index in [1.807, 2.05) is 0 Å². The van der Waals surface area contributed by atoms with E-state index < -0.39 is 0 Å². The van der Waals surface area contributed by atoms with E-state index in [4.69, 9.17) is 4.42 Å². The van der Waals surface area contributed by atoms with Crippen molar-refractivity contribution in [3.63, 3.8) is 0 Å². The van der Waals surface area contributed by atoms with Crippen molar-refractivity contribution in [2.75, 3.05) is 13.1 Å². The molecule has 28 heavy (non-hydrogen) atoms. The number of nitrogens with zero attached hydrogens (tertiary/aromatic N) is 5. The smallest absolute Gasteiger partial charge is 0.254 e. The van der Waals surface area contributed by atoms with Gasteiger partial charge in [0.25, 0.3) is 5.91 Å². The third-order valence-corrected chi connectivity index (χ3v) is 5.74. The maximum absolute atomic E-state index is 12.4. The zero-order chi connectivity index (χ0) is 19.3. The molecule has 2 N–H and O–H groups in total. The van der Waals surface area contributed by atoms with Gasteiger partial charge in [0.05, 0.1) is 17.8 Å². The maximum Gasteiger partial charge on any atom is 0.254 e. The molecule has 3 aliphatic rings. The highest BCUT2D eigenvalue weighted by Crippen LogP contribution is 2.39. The summed E-state index contributed by atoms with van der Waals surface area (Å²) in [6.07, 6.45) is 6.65. The average Bonchev–Trinajstić information content (AvgIpc) is 3.05. The van der Waals surface area contributed by atoms with Crippen LogP contribution in [0.2, 0.25) is 0 Å². The molecule has 3 atom stereocenters. The van der Waals surface area contributed by atoms with Crippen molar-refractivity contribution in [1.29, 1.82) is 0 Å². The van der Waals surface area contributed by atoms with Crippen LogP contribution in [0.15, 0.2) is 16.8 Å². The van der Waals surface area contributed by atoms with Gasteiger partial charge >= 0.3 is 0 Å². The van der Waals surface area contributed by atoms with E-state index in [0.717, 1.165) is 18.7 Å². The van der Waals surface area contributed by atoms with Crippen molar-refractivity contribution < 1.29 is 14.0 Å². The quantitative estimate of drug-likeness (QED) is 0.719. The Morgan fingerprint density at radius 3 is 3.00 bits per heavy atom. The van der Waals surface area contributed by atoms with Crippen molar-refractivity contribution in [1.82, 2.24) is 35.5 Å². The van der Waals surface area contributed by atoms with E-state index in [2.05, 4.69) is 30.8 Å². The molecule has 2 aromatic rings. The van der Waals surface area contributed by atoms with Crippen LogP contribution in [0.1, 0.15) is 47.3 Å². The number of carbonyl (C=O) groups is 2. The molecule has 0 unspecified atom stereocenters. The molecule has 2 aromatic heterocycles. The lowest BCUT2D eigenvalue weighted by Crippen LogP contribution is -2.58. The van der Waals surface area contributed by atoms with Gasteiger partial charge in [-0.05, 0) is 19.3 Å². The van der Waals surface area contributed by atoms with Gasteiger partial charge in [0.15, 0.2) is 0 Å². The molecule has 3 fully saturated rings. The van der Waals surface area contributed by atoms with Crippen molar-refractivity contribution in [2.24, 2.45) is 7.05 Å². The molecule has 0 spiro atoms. The van der Waals surface area contributed by atoms with Gasteiger partial charge in [-0.25, -0.2) is 0 Å². The molecule has 10 nitrogen and oxygen atoms in total. The van der Waals surface area contributed by atoms with Crippen LogP contribution in [0.5, 0.6) is 0 Å². The van der Waals surface area contributed by atoms with Gasteiger partial charge < -0.3 is 15.1 Å². The Morgan fingerprint density at radius 1 is 1.39 bits per heavy atom. The predicted octanol–water partition coefficient (Wildman–Crippen LogP) is -0.406. The van der Waals surface area contributed by atoms with Crippen LogP contribution >= 0.6 is 0 Å². The summed E-state index contributed by atoms with van der Waals surface area (Å²) in [5, 5.41) is 18.4. The summed E-state index contributed by atoms with van der Waals surface area (Å²) < 4.78 is 7.39. The van der Waals surface area contributed by atoms with Gasteiger partial charge in [-0.15, -0.1) is 10.2 Å². The molecule has 1 aliphatic carbocycles. The summed E-state index contributed by atoms with van der Waals surface area (Å²) in [5.41, 5.74) is 0.520. The van der Waals surface area contributed by atoms with Gasteiger partial charge in [-0.1, -0.05) is 0 Å². The highest BCUT2D eigenvalue weighted by atomic mass is 16.4. The number of hydrogen-bond donors (Lipinski definition) is 2. The molecule has 0 bridgehead atoms. The Morgan fingerprint density at radius 2 is 2.25 bits per heavy atom. The molecule has 10 heteroatoms. The molecule has 2 amide bonds. The molecule has 2 aliphatic heterocycles. The molecule has 148 valence electrons. The first-order chi connectivity index (χ1) is 13.6. The van der Waals surface area contributed by atoms with Crippen molar-refractivity contribution in [3.8, 4) is 0 Å². The number of amides is 2. The van der Waals surface area contributed by atoms with Gasteiger partial charge in [0.1, 0.15) is 0 Å². The van der Waals surface area contributed by atoms with Crippen LogP contribution in [-0.2, 0) is 18.3 Å². The lowest BCUT2D eigenvalue weighted by Gasteiger charge is -2.36. The van der Waals surface area contributed by atoms with E-state index in [0.29, 0.717) is 43.3 Å². The van der Waals surface area contributed by atoms with E-state index in [9.17, 15) is 9.59 Å². The summed E-state index contributed by atoms with van der Waals surface area (Å²) in [6, 6.07) is -0.256. The highest BCUT2D eigenvalue weighted by molar-refractivity contribution is 5.94. The largest absolute Gasteiger partial charge is 0.425 e. The topological polar surface area (TPSA) is 118 Å². The third-order valence-electron chi connectivity index (χ3n) is 5.74. The zero-order valence-electron chi connectivity index (χ0n) is 15.7. The monoisotopic (exact) mass is 385 g/mol. The first kappa shape index (κ1) is 17.4. The minimum atomic E-state index is -0.247. The van der Waals surface area contributed by atoms with Crippen molar-refractivity contribution in [3.05, 3.63) is 29.7 Å². The van der Waals surface area contributed by atoms with Crippen molar-refractivity contribution >= 4 is 11.8 Å². The average molecular weight is 385 g/mol. The third kappa shape index (κ3) is 3.28. The van der Waals surface area contributed by atoms with E-state index in [1.165, 1.54) is 0 Å². The molecular formula is C18H23N7O3. The Hall–Kier alpha value is -2.75. The Bertz CT molecular complexity index is 903. The molecule has 5 rings (SSSR count). The molecule has 0 radical (unpaired) electrons. The first-order valence-electron chi connectivity index (χ1n) is 9.72. The number of aromatic nitrogens is 4. The summed E-state index contributed by atoms with van der Waals surface area (Å²) in [6.45, 7) is 1.16. The highest BCUT2D eigenvalue weighted by Gasteiger charge is 2.44. The second-order valence-corrected chi connectivity index (χ2v) is 7.93. The van der Waals surface area contributed by atoms with Crippen LogP contribution in [0.25, 0.3) is 0 Å². The number of piperazine rings is 1. The second kappa shape index (κ2) is 6.69.